The first-order valence-electron chi connectivity index (χ1n) is 6.14. The van der Waals surface area contributed by atoms with Crippen LogP contribution in [0.4, 0.5) is 0 Å². The summed E-state index contributed by atoms with van der Waals surface area (Å²) in [6.45, 7) is 2.77. The number of aryl methyl sites for hydroxylation is 1. The lowest BCUT2D eigenvalue weighted by Gasteiger charge is -2.17. The zero-order valence-electron chi connectivity index (χ0n) is 10.3. The standard InChI is InChI=1S/C14H16N2OS/c1-9-15-7-11(18-9)8-16-14-12-5-3-2-4-10(12)6-13(14)17/h2-5,7,13-14,16-17H,6,8H2,1H3. The molecule has 0 spiro atoms. The summed E-state index contributed by atoms with van der Waals surface area (Å²) >= 11 is 1.70. The van der Waals surface area contributed by atoms with E-state index in [1.165, 1.54) is 16.0 Å². The molecule has 2 unspecified atom stereocenters. The fourth-order valence-electron chi connectivity index (χ4n) is 2.52. The average molecular weight is 260 g/mol. The SMILES string of the molecule is Cc1ncc(CNC2c3ccccc3CC2O)s1. The molecule has 2 N–H and O–H groups in total. The van der Waals surface area contributed by atoms with E-state index >= 15 is 0 Å². The number of benzene rings is 1. The Morgan fingerprint density at radius 1 is 1.44 bits per heavy atom. The monoisotopic (exact) mass is 260 g/mol. The maximum Gasteiger partial charge on any atom is 0.0897 e. The second-order valence-corrected chi connectivity index (χ2v) is 5.99. The van der Waals surface area contributed by atoms with Crippen LogP contribution in [0.25, 0.3) is 0 Å². The smallest absolute Gasteiger partial charge is 0.0897 e. The Balaban J connectivity index is 1.73. The zero-order chi connectivity index (χ0) is 12.5. The van der Waals surface area contributed by atoms with Gasteiger partial charge in [0.15, 0.2) is 0 Å². The first-order chi connectivity index (χ1) is 8.74. The lowest BCUT2D eigenvalue weighted by Crippen LogP contribution is -2.28. The minimum absolute atomic E-state index is 0.0450. The molecular formula is C14H16N2OS. The van der Waals surface area contributed by atoms with Crippen molar-refractivity contribution in [1.29, 1.82) is 0 Å². The molecule has 1 aromatic carbocycles. The molecule has 0 saturated heterocycles. The summed E-state index contributed by atoms with van der Waals surface area (Å²) in [5.74, 6) is 0. The Labute approximate surface area is 111 Å². The van der Waals surface area contributed by atoms with Gasteiger partial charge in [-0.15, -0.1) is 11.3 Å². The topological polar surface area (TPSA) is 45.2 Å². The van der Waals surface area contributed by atoms with Crippen molar-refractivity contribution >= 4 is 11.3 Å². The minimum Gasteiger partial charge on any atom is -0.391 e. The molecule has 3 rings (SSSR count). The van der Waals surface area contributed by atoms with Gasteiger partial charge in [-0.1, -0.05) is 24.3 Å². The van der Waals surface area contributed by atoms with E-state index in [-0.39, 0.29) is 12.1 Å². The molecule has 1 heterocycles. The van der Waals surface area contributed by atoms with Crippen molar-refractivity contribution in [3.63, 3.8) is 0 Å². The fraction of sp³-hybridized carbons (Fsp3) is 0.357. The molecule has 2 atom stereocenters. The molecule has 94 valence electrons. The zero-order valence-corrected chi connectivity index (χ0v) is 11.1. The Kier molecular flexibility index (Phi) is 3.16. The molecule has 4 heteroatoms. The van der Waals surface area contributed by atoms with Gasteiger partial charge in [-0.2, -0.15) is 0 Å². The highest BCUT2D eigenvalue weighted by Crippen LogP contribution is 2.31. The van der Waals surface area contributed by atoms with Gasteiger partial charge in [-0.3, -0.25) is 0 Å². The summed E-state index contributed by atoms with van der Waals surface area (Å²) in [4.78, 5) is 5.45. The third kappa shape index (κ3) is 2.19. The Hall–Kier alpha value is -1.23. The summed E-state index contributed by atoms with van der Waals surface area (Å²) in [5, 5.41) is 14.6. The number of fused-ring (bicyclic) bond motifs is 1. The van der Waals surface area contributed by atoms with E-state index in [1.54, 1.807) is 11.3 Å². The van der Waals surface area contributed by atoms with E-state index in [9.17, 15) is 5.11 Å². The number of aliphatic hydroxyl groups is 1. The van der Waals surface area contributed by atoms with Crippen LogP contribution in [0.1, 0.15) is 27.1 Å². The number of aliphatic hydroxyl groups excluding tert-OH is 1. The van der Waals surface area contributed by atoms with E-state index in [0.29, 0.717) is 0 Å². The van der Waals surface area contributed by atoms with Crippen molar-refractivity contribution in [3.8, 4) is 0 Å². The molecule has 0 saturated carbocycles. The second kappa shape index (κ2) is 4.80. The Morgan fingerprint density at radius 3 is 3.06 bits per heavy atom. The molecule has 0 aliphatic heterocycles. The Bertz CT molecular complexity index is 552. The highest BCUT2D eigenvalue weighted by atomic mass is 32.1. The minimum atomic E-state index is -0.323. The van der Waals surface area contributed by atoms with E-state index in [1.807, 2.05) is 25.3 Å². The number of nitrogens with one attached hydrogen (secondary N) is 1. The Morgan fingerprint density at radius 2 is 2.28 bits per heavy atom. The van der Waals surface area contributed by atoms with Gasteiger partial charge in [0.05, 0.1) is 17.2 Å². The quantitative estimate of drug-likeness (QED) is 0.889. The number of nitrogens with zero attached hydrogens (tertiary/aromatic N) is 1. The van der Waals surface area contributed by atoms with Crippen molar-refractivity contribution in [2.75, 3.05) is 0 Å². The van der Waals surface area contributed by atoms with E-state index in [4.69, 9.17) is 0 Å². The van der Waals surface area contributed by atoms with Crippen LogP contribution >= 0.6 is 11.3 Å². The van der Waals surface area contributed by atoms with Gasteiger partial charge >= 0.3 is 0 Å². The molecule has 1 aromatic heterocycles. The van der Waals surface area contributed by atoms with Crippen molar-refractivity contribution in [3.05, 3.63) is 51.5 Å². The largest absolute Gasteiger partial charge is 0.391 e. The summed E-state index contributed by atoms with van der Waals surface area (Å²) in [6.07, 6.45) is 2.33. The van der Waals surface area contributed by atoms with E-state index in [2.05, 4.69) is 22.4 Å². The third-order valence-electron chi connectivity index (χ3n) is 3.37. The summed E-state index contributed by atoms with van der Waals surface area (Å²) in [7, 11) is 0. The summed E-state index contributed by atoms with van der Waals surface area (Å²) in [6, 6.07) is 8.30. The highest BCUT2D eigenvalue weighted by molar-refractivity contribution is 7.11. The molecular weight excluding hydrogens is 244 g/mol. The molecule has 0 bridgehead atoms. The third-order valence-corrected chi connectivity index (χ3v) is 4.28. The number of hydrogen-bond donors (Lipinski definition) is 2. The van der Waals surface area contributed by atoms with Crippen molar-refractivity contribution in [2.24, 2.45) is 0 Å². The van der Waals surface area contributed by atoms with Gasteiger partial charge in [0.2, 0.25) is 0 Å². The fourth-order valence-corrected chi connectivity index (χ4v) is 3.26. The molecule has 18 heavy (non-hydrogen) atoms. The maximum atomic E-state index is 10.1. The van der Waals surface area contributed by atoms with Crippen LogP contribution in [0.3, 0.4) is 0 Å². The van der Waals surface area contributed by atoms with Gasteiger partial charge in [-0.25, -0.2) is 4.98 Å². The number of thiazole rings is 1. The van der Waals surface area contributed by atoms with Gasteiger partial charge < -0.3 is 10.4 Å². The predicted octanol–water partition coefficient (Wildman–Crippen LogP) is 2.20. The molecule has 0 amide bonds. The number of rotatable bonds is 3. The summed E-state index contributed by atoms with van der Waals surface area (Å²) < 4.78 is 0. The predicted molar refractivity (Wildman–Crippen MR) is 72.6 cm³/mol. The molecule has 1 aliphatic carbocycles. The van der Waals surface area contributed by atoms with E-state index in [0.717, 1.165) is 18.0 Å². The van der Waals surface area contributed by atoms with Crippen molar-refractivity contribution in [2.45, 2.75) is 32.0 Å². The average Bonchev–Trinajstić information content (AvgIpc) is 2.90. The number of hydrogen-bond acceptors (Lipinski definition) is 4. The van der Waals surface area contributed by atoms with Crippen LogP contribution in [0.5, 0.6) is 0 Å². The molecule has 3 nitrogen and oxygen atoms in total. The van der Waals surface area contributed by atoms with E-state index < -0.39 is 0 Å². The van der Waals surface area contributed by atoms with Crippen LogP contribution in [-0.4, -0.2) is 16.2 Å². The van der Waals surface area contributed by atoms with Gasteiger partial charge in [0, 0.05) is 24.0 Å². The number of aromatic nitrogens is 1. The van der Waals surface area contributed by atoms with Crippen LogP contribution in [0.15, 0.2) is 30.5 Å². The van der Waals surface area contributed by atoms with Crippen LogP contribution < -0.4 is 5.32 Å². The molecule has 0 fully saturated rings. The van der Waals surface area contributed by atoms with Gasteiger partial charge in [0.1, 0.15) is 0 Å². The van der Waals surface area contributed by atoms with Gasteiger partial charge in [0.25, 0.3) is 0 Å². The summed E-state index contributed by atoms with van der Waals surface area (Å²) in [5.41, 5.74) is 2.48. The maximum absolute atomic E-state index is 10.1. The molecule has 1 aliphatic rings. The normalized spacial score (nSPS) is 22.1. The first kappa shape index (κ1) is 11.8. The second-order valence-electron chi connectivity index (χ2n) is 4.67. The molecule has 2 aromatic rings. The van der Waals surface area contributed by atoms with Crippen LogP contribution in [0, 0.1) is 6.92 Å². The van der Waals surface area contributed by atoms with Crippen molar-refractivity contribution < 1.29 is 5.11 Å². The highest BCUT2D eigenvalue weighted by Gasteiger charge is 2.30. The lowest BCUT2D eigenvalue weighted by molar-refractivity contribution is 0.141. The molecule has 0 radical (unpaired) electrons. The van der Waals surface area contributed by atoms with Crippen LogP contribution in [-0.2, 0) is 13.0 Å². The van der Waals surface area contributed by atoms with Crippen molar-refractivity contribution in [1.82, 2.24) is 10.3 Å². The first-order valence-corrected chi connectivity index (χ1v) is 6.96. The lowest BCUT2D eigenvalue weighted by atomic mass is 10.1. The van der Waals surface area contributed by atoms with Gasteiger partial charge in [-0.05, 0) is 18.1 Å². The van der Waals surface area contributed by atoms with Crippen LogP contribution in [0.2, 0.25) is 0 Å².